The van der Waals surface area contributed by atoms with Crippen LogP contribution in [-0.2, 0) is 18.6 Å². The molecule has 7 atom stereocenters. The Labute approximate surface area is 149 Å². The minimum Gasteiger partial charge on any atom is -0.408 e. The van der Waals surface area contributed by atoms with E-state index in [1.807, 2.05) is 0 Å². The van der Waals surface area contributed by atoms with Crippen LogP contribution in [0.4, 0.5) is 0 Å². The number of alkyl halides is 1. The zero-order valence-electron chi connectivity index (χ0n) is 15.0. The average molecular weight is 381 g/mol. The van der Waals surface area contributed by atoms with Gasteiger partial charge >= 0.3 is 0 Å². The van der Waals surface area contributed by atoms with Crippen molar-refractivity contribution >= 4 is 19.9 Å². The maximum absolute atomic E-state index is 11.3. The van der Waals surface area contributed by atoms with E-state index in [1.54, 1.807) is 0 Å². The number of rotatable bonds is 5. The lowest BCUT2D eigenvalue weighted by molar-refractivity contribution is -0.499. The van der Waals surface area contributed by atoms with E-state index in [1.165, 1.54) is 0 Å². The van der Waals surface area contributed by atoms with Crippen molar-refractivity contribution in [1.82, 2.24) is 0 Å². The van der Waals surface area contributed by atoms with Gasteiger partial charge in [0, 0.05) is 5.88 Å². The summed E-state index contributed by atoms with van der Waals surface area (Å²) in [6.07, 6.45) is -2.33. The molecule has 24 heavy (non-hydrogen) atoms. The van der Waals surface area contributed by atoms with Gasteiger partial charge in [-0.2, -0.15) is 0 Å². The molecular formula is C16H29ClO6Si. The second-order valence-electron chi connectivity index (χ2n) is 8.62. The summed E-state index contributed by atoms with van der Waals surface area (Å²) in [7, 11) is -2.14. The van der Waals surface area contributed by atoms with Crippen molar-refractivity contribution < 1.29 is 28.8 Å². The van der Waals surface area contributed by atoms with Crippen LogP contribution in [0.15, 0.2) is 0 Å². The Morgan fingerprint density at radius 2 is 1.79 bits per heavy atom. The summed E-state index contributed by atoms with van der Waals surface area (Å²) in [6.45, 7) is 9.88. The third-order valence-electron chi connectivity index (χ3n) is 5.99. The summed E-state index contributed by atoms with van der Waals surface area (Å²) in [5.41, 5.74) is -1.32. The van der Waals surface area contributed by atoms with Gasteiger partial charge in [-0.25, -0.2) is 0 Å². The molecule has 3 heterocycles. The molecule has 0 spiro atoms. The van der Waals surface area contributed by atoms with E-state index < -0.39 is 50.9 Å². The van der Waals surface area contributed by atoms with E-state index >= 15 is 0 Å². The number of hydrogen-bond donors (Lipinski definition) is 2. The molecule has 4 fully saturated rings. The van der Waals surface area contributed by atoms with Crippen molar-refractivity contribution in [3.05, 3.63) is 0 Å². The molecule has 1 saturated carbocycles. The van der Waals surface area contributed by atoms with Crippen LogP contribution >= 0.6 is 11.6 Å². The monoisotopic (exact) mass is 380 g/mol. The predicted molar refractivity (Wildman–Crippen MR) is 91.4 cm³/mol. The van der Waals surface area contributed by atoms with Crippen molar-refractivity contribution in [2.45, 2.75) is 94.3 Å². The van der Waals surface area contributed by atoms with Gasteiger partial charge < -0.3 is 28.8 Å². The fraction of sp³-hybridized carbons (Fsp3) is 1.00. The Kier molecular flexibility index (Phi) is 4.89. The zero-order valence-corrected chi connectivity index (χ0v) is 16.7. The van der Waals surface area contributed by atoms with Crippen LogP contribution in [0.2, 0.25) is 18.1 Å². The van der Waals surface area contributed by atoms with Crippen LogP contribution in [0.5, 0.6) is 0 Å². The summed E-state index contributed by atoms with van der Waals surface area (Å²) in [6, 6.07) is 0. The largest absolute Gasteiger partial charge is 0.408 e. The minimum absolute atomic E-state index is 0.00261. The van der Waals surface area contributed by atoms with Gasteiger partial charge in [-0.05, 0) is 31.0 Å². The van der Waals surface area contributed by atoms with Gasteiger partial charge in [0.05, 0.1) is 0 Å². The van der Waals surface area contributed by atoms with E-state index in [0.717, 1.165) is 0 Å². The van der Waals surface area contributed by atoms with Crippen molar-refractivity contribution in [1.29, 1.82) is 0 Å². The fourth-order valence-electron chi connectivity index (χ4n) is 3.58. The molecule has 4 aliphatic rings. The highest BCUT2D eigenvalue weighted by molar-refractivity contribution is 6.74. The van der Waals surface area contributed by atoms with Gasteiger partial charge in [-0.3, -0.25) is 0 Å². The lowest BCUT2D eigenvalue weighted by Gasteiger charge is -2.63. The maximum atomic E-state index is 11.3. The van der Waals surface area contributed by atoms with Crippen LogP contribution in [-0.4, -0.2) is 67.0 Å². The smallest absolute Gasteiger partial charge is 0.273 e. The van der Waals surface area contributed by atoms with Gasteiger partial charge in [-0.1, -0.05) is 20.8 Å². The Hall–Kier alpha value is 0.267. The summed E-state index contributed by atoms with van der Waals surface area (Å²) >= 11 is 5.81. The van der Waals surface area contributed by atoms with E-state index in [4.69, 9.17) is 30.2 Å². The summed E-state index contributed by atoms with van der Waals surface area (Å²) in [5.74, 6) is 0.426. The van der Waals surface area contributed by atoms with Crippen LogP contribution in [0.25, 0.3) is 0 Å². The molecule has 0 aromatic carbocycles. The highest BCUT2D eigenvalue weighted by Crippen LogP contribution is 2.50. The SMILES string of the molecule is CC(C)(C)[Si](C)(C)OC1C2OC3OC(C2O)C(O)(CCCCl)C1O3. The molecule has 3 aliphatic heterocycles. The van der Waals surface area contributed by atoms with Crippen molar-refractivity contribution in [2.75, 3.05) is 5.88 Å². The molecule has 8 heteroatoms. The first kappa shape index (κ1) is 19.0. The Morgan fingerprint density at radius 3 is 2.38 bits per heavy atom. The molecule has 2 N–H and O–H groups in total. The molecule has 4 rings (SSSR count). The van der Waals surface area contributed by atoms with Gasteiger partial charge in [0.2, 0.25) is 0 Å². The van der Waals surface area contributed by atoms with E-state index in [2.05, 4.69) is 33.9 Å². The highest BCUT2D eigenvalue weighted by Gasteiger charge is 2.69. The number of hydrogen-bond acceptors (Lipinski definition) is 6. The Morgan fingerprint density at radius 1 is 1.17 bits per heavy atom. The Balaban J connectivity index is 1.90. The van der Waals surface area contributed by atoms with Crippen molar-refractivity contribution in [3.63, 3.8) is 0 Å². The number of halogens is 1. The summed E-state index contributed by atoms with van der Waals surface area (Å²) in [4.78, 5) is 0. The summed E-state index contributed by atoms with van der Waals surface area (Å²) < 4.78 is 23.5. The molecule has 4 bridgehead atoms. The quantitative estimate of drug-likeness (QED) is 0.561. The lowest BCUT2D eigenvalue weighted by Crippen LogP contribution is -2.81. The van der Waals surface area contributed by atoms with Crippen LogP contribution in [0.1, 0.15) is 33.6 Å². The zero-order chi connectivity index (χ0) is 17.9. The third kappa shape index (κ3) is 2.87. The Bertz CT molecular complexity index is 484. The first-order valence-corrected chi connectivity index (χ1v) is 12.1. The van der Waals surface area contributed by atoms with Crippen LogP contribution < -0.4 is 0 Å². The molecule has 0 aromatic rings. The molecule has 0 aromatic heterocycles. The molecule has 6 nitrogen and oxygen atoms in total. The first-order chi connectivity index (χ1) is 11.0. The number of aliphatic hydroxyl groups is 2. The van der Waals surface area contributed by atoms with E-state index in [-0.39, 0.29) is 5.04 Å². The lowest BCUT2D eigenvalue weighted by atomic mass is 9.71. The number of ether oxygens (including phenoxy) is 3. The highest BCUT2D eigenvalue weighted by atomic mass is 35.5. The van der Waals surface area contributed by atoms with Crippen LogP contribution in [0, 0.1) is 0 Å². The third-order valence-corrected chi connectivity index (χ3v) is 10.7. The molecule has 0 amide bonds. The van der Waals surface area contributed by atoms with E-state index in [0.29, 0.717) is 18.7 Å². The van der Waals surface area contributed by atoms with Crippen molar-refractivity contribution in [2.24, 2.45) is 0 Å². The van der Waals surface area contributed by atoms with Gasteiger partial charge in [0.25, 0.3) is 6.48 Å². The molecular weight excluding hydrogens is 352 g/mol. The fourth-order valence-corrected chi connectivity index (χ4v) is 5.00. The standard InChI is InChI=1S/C16H29ClO6Si/c1-15(2,3)24(4,5)23-11-10-9(18)12-16(19,7-6-8-17)13(11)22-14(20-10)21-12/h9-14,18-19H,6-8H2,1-5H3. The van der Waals surface area contributed by atoms with Gasteiger partial charge in [-0.15, -0.1) is 11.6 Å². The first-order valence-electron chi connectivity index (χ1n) is 8.62. The average Bonchev–Trinajstić information content (AvgIpc) is 2.47. The summed E-state index contributed by atoms with van der Waals surface area (Å²) in [5, 5.41) is 21.9. The normalized spacial score (nSPS) is 45.0. The van der Waals surface area contributed by atoms with Gasteiger partial charge in [0.15, 0.2) is 8.32 Å². The molecule has 0 radical (unpaired) electrons. The second kappa shape index (κ2) is 6.16. The number of aliphatic hydroxyl groups excluding tert-OH is 1. The maximum Gasteiger partial charge on any atom is 0.273 e. The second-order valence-corrected chi connectivity index (χ2v) is 13.8. The van der Waals surface area contributed by atoms with Gasteiger partial charge in [0.1, 0.15) is 36.1 Å². The molecule has 3 saturated heterocycles. The van der Waals surface area contributed by atoms with E-state index in [9.17, 15) is 10.2 Å². The minimum atomic E-state index is -2.14. The van der Waals surface area contributed by atoms with Crippen molar-refractivity contribution in [3.8, 4) is 0 Å². The molecule has 1 aliphatic carbocycles. The topological polar surface area (TPSA) is 77.4 Å². The molecule has 140 valence electrons. The predicted octanol–water partition coefficient (Wildman–Crippen LogP) is 1.97. The molecule has 7 unspecified atom stereocenters. The van der Waals surface area contributed by atoms with Crippen LogP contribution in [0.3, 0.4) is 0 Å².